The van der Waals surface area contributed by atoms with Crippen molar-refractivity contribution in [2.45, 2.75) is 13.5 Å². The number of amides is 1. The number of benzene rings is 3. The number of nitro benzene ring substituents is 1. The molecule has 0 bridgehead atoms. The smallest absolute Gasteiger partial charge is 0.272 e. The number of anilines is 2. The van der Waals surface area contributed by atoms with Crippen LogP contribution in [0.1, 0.15) is 18.1 Å². The molecule has 0 atom stereocenters. The summed E-state index contributed by atoms with van der Waals surface area (Å²) in [5.74, 6) is -0.291. The first-order valence-corrected chi connectivity index (χ1v) is 10.1. The van der Waals surface area contributed by atoms with Crippen molar-refractivity contribution in [3.05, 3.63) is 86.9 Å². The van der Waals surface area contributed by atoms with Crippen molar-refractivity contribution >= 4 is 45.9 Å². The first kappa shape index (κ1) is 23.4. The molecular weight excluding hydrogens is 444 g/mol. The van der Waals surface area contributed by atoms with Gasteiger partial charge in [-0.05, 0) is 17.7 Å². The second kappa shape index (κ2) is 10.3. The second-order valence-corrected chi connectivity index (χ2v) is 7.50. The van der Waals surface area contributed by atoms with E-state index in [4.69, 9.17) is 11.6 Å². The number of hydrogen-bond acceptors (Lipinski definition) is 7. The molecule has 0 unspecified atom stereocenters. The van der Waals surface area contributed by atoms with Gasteiger partial charge in [-0.3, -0.25) is 14.9 Å². The fourth-order valence-electron chi connectivity index (χ4n) is 3.15. The van der Waals surface area contributed by atoms with E-state index in [0.29, 0.717) is 23.6 Å². The van der Waals surface area contributed by atoms with Gasteiger partial charge in [-0.25, -0.2) is 0 Å². The first-order valence-electron chi connectivity index (χ1n) is 9.75. The zero-order valence-electron chi connectivity index (χ0n) is 17.8. The molecule has 9 nitrogen and oxygen atoms in total. The Bertz CT molecular complexity index is 1270. The highest BCUT2D eigenvalue weighted by Gasteiger charge is 2.17. The van der Waals surface area contributed by atoms with Gasteiger partial charge in [-0.1, -0.05) is 48.0 Å². The van der Waals surface area contributed by atoms with E-state index in [1.165, 1.54) is 6.92 Å². The molecule has 0 spiro atoms. The van der Waals surface area contributed by atoms with Gasteiger partial charge in [0.2, 0.25) is 5.91 Å². The molecule has 0 aliphatic rings. The SMILES string of the molecule is CC(=O)Nc1cccc(N(C)Cc2ccccc2)c1N=Nc1c(Cl)cc([N+](=O)[O-])cc1C#N. The Morgan fingerprint density at radius 1 is 1.15 bits per heavy atom. The zero-order valence-corrected chi connectivity index (χ0v) is 18.6. The van der Waals surface area contributed by atoms with E-state index in [1.807, 2.05) is 54.4 Å². The molecule has 3 rings (SSSR count). The van der Waals surface area contributed by atoms with E-state index in [9.17, 15) is 20.2 Å². The molecule has 1 amide bonds. The fourth-order valence-corrected chi connectivity index (χ4v) is 3.41. The number of carbonyl (C=O) groups excluding carboxylic acids is 1. The predicted octanol–water partition coefficient (Wildman–Crippen LogP) is 6.13. The van der Waals surface area contributed by atoms with Crippen LogP contribution >= 0.6 is 11.6 Å². The quantitative estimate of drug-likeness (QED) is 0.257. The highest BCUT2D eigenvalue weighted by molar-refractivity contribution is 6.33. The number of nitriles is 1. The maximum atomic E-state index is 11.7. The van der Waals surface area contributed by atoms with Crippen molar-refractivity contribution in [2.75, 3.05) is 17.3 Å². The summed E-state index contributed by atoms with van der Waals surface area (Å²) >= 11 is 6.17. The summed E-state index contributed by atoms with van der Waals surface area (Å²) in [7, 11) is 1.87. The van der Waals surface area contributed by atoms with Crippen LogP contribution in [0.3, 0.4) is 0 Å². The van der Waals surface area contributed by atoms with Crippen LogP contribution in [0.4, 0.5) is 28.4 Å². The number of nitro groups is 1. The van der Waals surface area contributed by atoms with Crippen molar-refractivity contribution < 1.29 is 9.72 Å². The Morgan fingerprint density at radius 3 is 2.48 bits per heavy atom. The molecular formula is C23H19ClN6O3. The maximum Gasteiger partial charge on any atom is 0.272 e. The number of azo groups is 1. The van der Waals surface area contributed by atoms with Gasteiger partial charge >= 0.3 is 0 Å². The molecule has 0 radical (unpaired) electrons. The lowest BCUT2D eigenvalue weighted by Crippen LogP contribution is -2.17. The maximum absolute atomic E-state index is 11.7. The number of rotatable bonds is 7. The molecule has 3 aromatic rings. The molecule has 0 heterocycles. The van der Waals surface area contributed by atoms with Crippen molar-refractivity contribution in [3.63, 3.8) is 0 Å². The summed E-state index contributed by atoms with van der Waals surface area (Å²) in [4.78, 5) is 24.1. The van der Waals surface area contributed by atoms with Crippen LogP contribution < -0.4 is 10.2 Å². The van der Waals surface area contributed by atoms with Gasteiger partial charge in [0.15, 0.2) is 0 Å². The first-order chi connectivity index (χ1) is 15.8. The van der Waals surface area contributed by atoms with E-state index in [2.05, 4.69) is 15.5 Å². The van der Waals surface area contributed by atoms with Crippen LogP contribution in [-0.4, -0.2) is 17.9 Å². The van der Waals surface area contributed by atoms with E-state index < -0.39 is 4.92 Å². The number of non-ortho nitro benzene ring substituents is 1. The van der Waals surface area contributed by atoms with Crippen molar-refractivity contribution in [3.8, 4) is 6.07 Å². The minimum Gasteiger partial charge on any atom is -0.368 e. The Balaban J connectivity index is 2.08. The van der Waals surface area contributed by atoms with Crippen LogP contribution in [-0.2, 0) is 11.3 Å². The molecule has 0 aromatic heterocycles. The van der Waals surface area contributed by atoms with Crippen molar-refractivity contribution in [1.29, 1.82) is 5.26 Å². The molecule has 10 heteroatoms. The van der Waals surface area contributed by atoms with E-state index in [-0.39, 0.29) is 27.9 Å². The normalized spacial score (nSPS) is 10.6. The van der Waals surface area contributed by atoms with Gasteiger partial charge in [0.25, 0.3) is 5.69 Å². The fraction of sp³-hybridized carbons (Fsp3) is 0.130. The van der Waals surface area contributed by atoms with Gasteiger partial charge < -0.3 is 10.2 Å². The highest BCUT2D eigenvalue weighted by atomic mass is 35.5. The summed E-state index contributed by atoms with van der Waals surface area (Å²) in [5.41, 5.74) is 2.10. The zero-order chi connectivity index (χ0) is 24.0. The standard InChI is InChI=1S/C23H19ClN6O3/c1-15(31)26-20-9-6-10-21(29(2)14-16-7-4-3-5-8-16)23(20)28-27-22-17(13-25)11-18(30(32)33)12-19(22)24/h3-12H,14H2,1-2H3,(H,26,31). The highest BCUT2D eigenvalue weighted by Crippen LogP contribution is 2.40. The Morgan fingerprint density at radius 2 is 1.85 bits per heavy atom. The minimum absolute atomic E-state index is 0.000873. The van der Waals surface area contributed by atoms with Crippen LogP contribution in [0.15, 0.2) is 70.9 Å². The summed E-state index contributed by atoms with van der Waals surface area (Å²) in [6.45, 7) is 1.94. The largest absolute Gasteiger partial charge is 0.368 e. The lowest BCUT2D eigenvalue weighted by Gasteiger charge is -2.22. The lowest BCUT2D eigenvalue weighted by molar-refractivity contribution is -0.384. The number of hydrogen-bond donors (Lipinski definition) is 1. The topological polar surface area (TPSA) is 124 Å². The molecule has 0 saturated carbocycles. The molecule has 0 aliphatic carbocycles. The van der Waals surface area contributed by atoms with E-state index in [1.54, 1.807) is 12.1 Å². The summed E-state index contributed by atoms with van der Waals surface area (Å²) in [5, 5.41) is 31.6. The van der Waals surface area contributed by atoms with Gasteiger partial charge in [-0.2, -0.15) is 5.26 Å². The molecule has 33 heavy (non-hydrogen) atoms. The Hall–Kier alpha value is -4.29. The summed E-state index contributed by atoms with van der Waals surface area (Å²) < 4.78 is 0. The van der Waals surface area contributed by atoms with Crippen LogP contribution in [0.25, 0.3) is 0 Å². The molecule has 166 valence electrons. The van der Waals surface area contributed by atoms with Crippen LogP contribution in [0.5, 0.6) is 0 Å². The number of halogens is 1. The van der Waals surface area contributed by atoms with E-state index in [0.717, 1.165) is 17.7 Å². The molecule has 1 N–H and O–H groups in total. The third kappa shape index (κ3) is 5.70. The number of carbonyl (C=O) groups is 1. The monoisotopic (exact) mass is 462 g/mol. The molecule has 3 aromatic carbocycles. The Kier molecular flexibility index (Phi) is 7.33. The average Bonchev–Trinajstić information content (AvgIpc) is 2.78. The van der Waals surface area contributed by atoms with Gasteiger partial charge in [0, 0.05) is 32.6 Å². The molecule has 0 aliphatic heterocycles. The molecule has 0 fully saturated rings. The van der Waals surface area contributed by atoms with Crippen molar-refractivity contribution in [1.82, 2.24) is 0 Å². The predicted molar refractivity (Wildman–Crippen MR) is 126 cm³/mol. The lowest BCUT2D eigenvalue weighted by atomic mass is 10.1. The van der Waals surface area contributed by atoms with Crippen molar-refractivity contribution in [2.24, 2.45) is 10.2 Å². The van der Waals surface area contributed by atoms with E-state index >= 15 is 0 Å². The third-order valence-corrected chi connectivity index (χ3v) is 4.92. The van der Waals surface area contributed by atoms with Gasteiger partial charge in [0.05, 0.1) is 26.9 Å². The van der Waals surface area contributed by atoms with Gasteiger partial charge in [-0.15, -0.1) is 10.2 Å². The Labute approximate surface area is 195 Å². The second-order valence-electron chi connectivity index (χ2n) is 7.09. The summed E-state index contributed by atoms with van der Waals surface area (Å²) in [6, 6.07) is 19.1. The van der Waals surface area contributed by atoms with Gasteiger partial charge in [0.1, 0.15) is 17.4 Å². The summed E-state index contributed by atoms with van der Waals surface area (Å²) in [6.07, 6.45) is 0. The molecule has 0 saturated heterocycles. The minimum atomic E-state index is -0.642. The number of nitrogens with zero attached hydrogens (tertiary/aromatic N) is 5. The van der Waals surface area contributed by atoms with Crippen LogP contribution in [0, 0.1) is 21.4 Å². The third-order valence-electron chi connectivity index (χ3n) is 4.63. The number of nitrogens with one attached hydrogen (secondary N) is 1. The average molecular weight is 463 g/mol. The van der Waals surface area contributed by atoms with Crippen LogP contribution in [0.2, 0.25) is 5.02 Å².